The molecule has 0 bridgehead atoms. The number of nitrogens with zero attached hydrogens (tertiary/aromatic N) is 1. The molecule has 98 valence electrons. The standard InChI is InChI=1S/C13H13N3O3/c1-14-12(17)8-19-13(18)11-7-10(15-16-11)9-5-3-2-4-6-9/h2-7H,8H2,1H3,(H,14,17)(H,15,16). The summed E-state index contributed by atoms with van der Waals surface area (Å²) >= 11 is 0. The van der Waals surface area contributed by atoms with E-state index in [1.54, 1.807) is 6.07 Å². The summed E-state index contributed by atoms with van der Waals surface area (Å²) in [6, 6.07) is 11.0. The number of H-pyrrole nitrogens is 1. The predicted molar refractivity (Wildman–Crippen MR) is 68.4 cm³/mol. The van der Waals surface area contributed by atoms with Crippen molar-refractivity contribution in [3.63, 3.8) is 0 Å². The van der Waals surface area contributed by atoms with Crippen LogP contribution >= 0.6 is 0 Å². The summed E-state index contributed by atoms with van der Waals surface area (Å²) in [5, 5.41) is 8.98. The molecule has 0 spiro atoms. The molecular formula is C13H13N3O3. The highest BCUT2D eigenvalue weighted by molar-refractivity contribution is 5.90. The van der Waals surface area contributed by atoms with Gasteiger partial charge in [-0.2, -0.15) is 5.10 Å². The van der Waals surface area contributed by atoms with Gasteiger partial charge in [0.15, 0.2) is 6.61 Å². The molecule has 0 radical (unpaired) electrons. The van der Waals surface area contributed by atoms with Crippen molar-refractivity contribution in [1.29, 1.82) is 0 Å². The third-order valence-electron chi connectivity index (χ3n) is 2.48. The Morgan fingerprint density at radius 2 is 2.05 bits per heavy atom. The number of carbonyl (C=O) groups is 2. The lowest BCUT2D eigenvalue weighted by molar-refractivity contribution is -0.123. The number of nitrogens with one attached hydrogen (secondary N) is 2. The lowest BCUT2D eigenvalue weighted by Crippen LogP contribution is -2.25. The lowest BCUT2D eigenvalue weighted by Gasteiger charge is -2.00. The monoisotopic (exact) mass is 259 g/mol. The number of esters is 1. The first-order chi connectivity index (χ1) is 9.20. The Morgan fingerprint density at radius 3 is 2.74 bits per heavy atom. The first-order valence-corrected chi connectivity index (χ1v) is 5.69. The summed E-state index contributed by atoms with van der Waals surface area (Å²) in [5.74, 6) is -0.977. The van der Waals surface area contributed by atoms with E-state index in [0.717, 1.165) is 5.56 Å². The van der Waals surface area contributed by atoms with Gasteiger partial charge in [0.1, 0.15) is 5.69 Å². The number of benzene rings is 1. The molecule has 0 fully saturated rings. The second kappa shape index (κ2) is 5.81. The molecule has 19 heavy (non-hydrogen) atoms. The van der Waals surface area contributed by atoms with Gasteiger partial charge in [-0.15, -0.1) is 0 Å². The second-order valence-electron chi connectivity index (χ2n) is 3.78. The minimum Gasteiger partial charge on any atom is -0.451 e. The Labute approximate surface area is 109 Å². The van der Waals surface area contributed by atoms with Crippen molar-refractivity contribution in [2.75, 3.05) is 13.7 Å². The predicted octanol–water partition coefficient (Wildman–Crippen LogP) is 0.979. The molecule has 0 aliphatic carbocycles. The molecule has 1 aromatic heterocycles. The summed E-state index contributed by atoms with van der Waals surface area (Å²) in [6.07, 6.45) is 0. The van der Waals surface area contributed by atoms with Gasteiger partial charge < -0.3 is 10.1 Å². The number of rotatable bonds is 4. The van der Waals surface area contributed by atoms with Gasteiger partial charge in [0, 0.05) is 12.6 Å². The molecule has 1 heterocycles. The minimum absolute atomic E-state index is 0.211. The highest BCUT2D eigenvalue weighted by Gasteiger charge is 2.13. The Morgan fingerprint density at radius 1 is 1.32 bits per heavy atom. The number of ether oxygens (including phenoxy) is 1. The summed E-state index contributed by atoms with van der Waals surface area (Å²) in [5.41, 5.74) is 1.75. The van der Waals surface area contributed by atoms with Crippen molar-refractivity contribution in [2.45, 2.75) is 0 Å². The molecule has 2 aromatic rings. The van der Waals surface area contributed by atoms with Gasteiger partial charge in [0.05, 0.1) is 5.69 Å². The quantitative estimate of drug-likeness (QED) is 0.802. The van der Waals surface area contributed by atoms with E-state index in [1.807, 2.05) is 30.3 Å². The zero-order valence-corrected chi connectivity index (χ0v) is 10.3. The summed E-state index contributed by atoms with van der Waals surface area (Å²) in [6.45, 7) is -0.310. The van der Waals surface area contributed by atoms with Crippen LogP contribution in [-0.4, -0.2) is 35.7 Å². The number of hydrogen-bond acceptors (Lipinski definition) is 4. The molecule has 0 aliphatic heterocycles. The van der Waals surface area contributed by atoms with Crippen LogP contribution in [0, 0.1) is 0 Å². The average Bonchev–Trinajstić information content (AvgIpc) is 2.95. The maximum Gasteiger partial charge on any atom is 0.356 e. The van der Waals surface area contributed by atoms with E-state index < -0.39 is 5.97 Å². The fourth-order valence-electron chi connectivity index (χ4n) is 1.46. The third kappa shape index (κ3) is 3.19. The fourth-order valence-corrected chi connectivity index (χ4v) is 1.46. The minimum atomic E-state index is -0.613. The van der Waals surface area contributed by atoms with E-state index in [9.17, 15) is 9.59 Å². The van der Waals surface area contributed by atoms with Crippen molar-refractivity contribution >= 4 is 11.9 Å². The highest BCUT2D eigenvalue weighted by Crippen LogP contribution is 2.17. The summed E-state index contributed by atoms with van der Waals surface area (Å²) < 4.78 is 4.81. The number of aromatic nitrogens is 2. The maximum absolute atomic E-state index is 11.6. The van der Waals surface area contributed by atoms with Crippen LogP contribution in [0.2, 0.25) is 0 Å². The van der Waals surface area contributed by atoms with Crippen LogP contribution in [0.1, 0.15) is 10.5 Å². The average molecular weight is 259 g/mol. The van der Waals surface area contributed by atoms with Gasteiger partial charge in [-0.05, 0) is 6.07 Å². The molecule has 1 amide bonds. The smallest absolute Gasteiger partial charge is 0.356 e. The zero-order chi connectivity index (χ0) is 13.7. The van der Waals surface area contributed by atoms with Crippen molar-refractivity contribution in [3.05, 3.63) is 42.1 Å². The molecule has 6 heteroatoms. The Kier molecular flexibility index (Phi) is 3.92. The first kappa shape index (κ1) is 12.8. The van der Waals surface area contributed by atoms with Gasteiger partial charge in [-0.25, -0.2) is 4.79 Å². The number of likely N-dealkylation sites (N-methyl/N-ethyl adjacent to an activating group) is 1. The number of carbonyl (C=O) groups excluding carboxylic acids is 2. The largest absolute Gasteiger partial charge is 0.451 e. The molecule has 0 atom stereocenters. The molecule has 0 saturated carbocycles. The molecule has 1 aromatic carbocycles. The third-order valence-corrected chi connectivity index (χ3v) is 2.48. The van der Waals surface area contributed by atoms with Gasteiger partial charge in [0.2, 0.25) is 0 Å². The Balaban J connectivity index is 2.05. The van der Waals surface area contributed by atoms with E-state index in [-0.39, 0.29) is 18.2 Å². The molecular weight excluding hydrogens is 246 g/mol. The van der Waals surface area contributed by atoms with Crippen molar-refractivity contribution < 1.29 is 14.3 Å². The van der Waals surface area contributed by atoms with Crippen LogP contribution in [0.15, 0.2) is 36.4 Å². The highest BCUT2D eigenvalue weighted by atomic mass is 16.5. The molecule has 0 unspecified atom stereocenters. The van der Waals surface area contributed by atoms with Crippen LogP contribution in [0.3, 0.4) is 0 Å². The molecule has 0 saturated heterocycles. The lowest BCUT2D eigenvalue weighted by atomic mass is 10.1. The Bertz CT molecular complexity index is 578. The van der Waals surface area contributed by atoms with Gasteiger partial charge >= 0.3 is 5.97 Å². The van der Waals surface area contributed by atoms with Crippen LogP contribution < -0.4 is 5.32 Å². The Hall–Kier alpha value is -2.63. The van der Waals surface area contributed by atoms with E-state index in [2.05, 4.69) is 15.5 Å². The number of hydrogen-bond donors (Lipinski definition) is 2. The molecule has 2 rings (SSSR count). The normalized spacial score (nSPS) is 9.95. The van der Waals surface area contributed by atoms with Crippen LogP contribution in [0.25, 0.3) is 11.3 Å². The van der Waals surface area contributed by atoms with E-state index >= 15 is 0 Å². The molecule has 0 aliphatic rings. The number of aromatic amines is 1. The van der Waals surface area contributed by atoms with E-state index in [0.29, 0.717) is 5.69 Å². The number of amides is 1. The first-order valence-electron chi connectivity index (χ1n) is 5.69. The van der Waals surface area contributed by atoms with Crippen LogP contribution in [-0.2, 0) is 9.53 Å². The van der Waals surface area contributed by atoms with Gasteiger partial charge in [-0.1, -0.05) is 30.3 Å². The van der Waals surface area contributed by atoms with Crippen LogP contribution in [0.4, 0.5) is 0 Å². The topological polar surface area (TPSA) is 84.1 Å². The van der Waals surface area contributed by atoms with E-state index in [4.69, 9.17) is 4.74 Å². The maximum atomic E-state index is 11.6. The summed E-state index contributed by atoms with van der Waals surface area (Å²) in [7, 11) is 1.47. The van der Waals surface area contributed by atoms with Crippen molar-refractivity contribution in [1.82, 2.24) is 15.5 Å². The van der Waals surface area contributed by atoms with Crippen molar-refractivity contribution in [2.24, 2.45) is 0 Å². The van der Waals surface area contributed by atoms with Gasteiger partial charge in [-0.3, -0.25) is 9.89 Å². The molecule has 6 nitrogen and oxygen atoms in total. The van der Waals surface area contributed by atoms with Gasteiger partial charge in [0.25, 0.3) is 5.91 Å². The van der Waals surface area contributed by atoms with Crippen molar-refractivity contribution in [3.8, 4) is 11.3 Å². The second-order valence-corrected chi connectivity index (χ2v) is 3.78. The zero-order valence-electron chi connectivity index (χ0n) is 10.3. The van der Waals surface area contributed by atoms with Crippen LogP contribution in [0.5, 0.6) is 0 Å². The van der Waals surface area contributed by atoms with E-state index in [1.165, 1.54) is 7.05 Å². The summed E-state index contributed by atoms with van der Waals surface area (Å²) in [4.78, 5) is 22.6. The molecule has 2 N–H and O–H groups in total. The SMILES string of the molecule is CNC(=O)COC(=O)c1cc(-c2ccccc2)n[nH]1. The fraction of sp³-hybridized carbons (Fsp3) is 0.154.